The van der Waals surface area contributed by atoms with Crippen molar-refractivity contribution >= 4 is 21.7 Å². The van der Waals surface area contributed by atoms with Crippen LogP contribution in [-0.2, 0) is 19.6 Å². The molecule has 0 radical (unpaired) electrons. The molecule has 24 heavy (non-hydrogen) atoms. The van der Waals surface area contributed by atoms with Gasteiger partial charge in [0.25, 0.3) is 0 Å². The summed E-state index contributed by atoms with van der Waals surface area (Å²) >= 11 is 0. The molecule has 0 saturated carbocycles. The minimum atomic E-state index is -3.46. The summed E-state index contributed by atoms with van der Waals surface area (Å²) in [5.41, 5.74) is 0.691. The smallest absolute Gasteiger partial charge is 0.307 e. The molecule has 1 N–H and O–H groups in total. The Kier molecular flexibility index (Phi) is 4.96. The number of carbonyl (C=O) groups excluding carboxylic acids is 1. The lowest BCUT2D eigenvalue weighted by Gasteiger charge is -2.27. The third-order valence-corrected chi connectivity index (χ3v) is 6.07. The van der Waals surface area contributed by atoms with Crippen molar-refractivity contribution in [2.75, 3.05) is 31.6 Å². The van der Waals surface area contributed by atoms with Gasteiger partial charge in [0.1, 0.15) is 12.4 Å². The molecule has 0 spiro atoms. The summed E-state index contributed by atoms with van der Waals surface area (Å²) in [7, 11) is -3.46. The molecular formula is C16H22N2O5S. The van der Waals surface area contributed by atoms with Crippen LogP contribution in [0, 0.1) is 0 Å². The Morgan fingerprint density at radius 3 is 2.83 bits per heavy atom. The van der Waals surface area contributed by atoms with E-state index in [9.17, 15) is 13.2 Å². The van der Waals surface area contributed by atoms with E-state index in [2.05, 4.69) is 5.32 Å². The van der Waals surface area contributed by atoms with Gasteiger partial charge in [0.05, 0.1) is 29.7 Å². The van der Waals surface area contributed by atoms with Crippen LogP contribution in [0.2, 0.25) is 0 Å². The summed E-state index contributed by atoms with van der Waals surface area (Å²) < 4.78 is 37.3. The monoisotopic (exact) mass is 354 g/mol. The zero-order valence-corrected chi connectivity index (χ0v) is 14.5. The summed E-state index contributed by atoms with van der Waals surface area (Å²) in [6.45, 7) is 3.54. The average molecular weight is 354 g/mol. The minimum Gasteiger partial charge on any atom is -0.489 e. The quantitative estimate of drug-likeness (QED) is 0.809. The van der Waals surface area contributed by atoms with E-state index >= 15 is 0 Å². The first-order valence-corrected chi connectivity index (χ1v) is 9.64. The molecular weight excluding hydrogens is 332 g/mol. The normalized spacial score (nSPS) is 20.8. The first kappa shape index (κ1) is 17.0. The largest absolute Gasteiger partial charge is 0.489 e. The molecule has 1 unspecified atom stereocenters. The maximum atomic E-state index is 12.6. The number of esters is 1. The lowest BCUT2D eigenvalue weighted by molar-refractivity contribution is -0.143. The third kappa shape index (κ3) is 3.49. The van der Waals surface area contributed by atoms with Gasteiger partial charge in [-0.25, -0.2) is 8.42 Å². The van der Waals surface area contributed by atoms with Gasteiger partial charge in [-0.3, -0.25) is 4.79 Å². The summed E-state index contributed by atoms with van der Waals surface area (Å²) in [6.07, 6.45) is 2.01. The summed E-state index contributed by atoms with van der Waals surface area (Å²) in [5, 5.41) is 3.20. The number of anilines is 1. The van der Waals surface area contributed by atoms with E-state index in [0.29, 0.717) is 37.7 Å². The SMILES string of the molecule is CCOC(=O)CC1COc2cc(S(=O)(=O)N3CCCC3)ccc2N1. The second-order valence-corrected chi connectivity index (χ2v) is 7.87. The number of ether oxygens (including phenoxy) is 2. The van der Waals surface area contributed by atoms with Crippen LogP contribution in [0.4, 0.5) is 5.69 Å². The fraction of sp³-hybridized carbons (Fsp3) is 0.562. The number of fused-ring (bicyclic) bond motifs is 1. The van der Waals surface area contributed by atoms with Crippen LogP contribution in [0.1, 0.15) is 26.2 Å². The number of sulfonamides is 1. The number of nitrogens with one attached hydrogen (secondary N) is 1. The first-order valence-electron chi connectivity index (χ1n) is 8.20. The van der Waals surface area contributed by atoms with Crippen LogP contribution in [0.15, 0.2) is 23.1 Å². The highest BCUT2D eigenvalue weighted by molar-refractivity contribution is 7.89. The molecule has 0 aliphatic carbocycles. The molecule has 7 nitrogen and oxygen atoms in total. The Balaban J connectivity index is 1.73. The van der Waals surface area contributed by atoms with Gasteiger partial charge >= 0.3 is 5.97 Å². The predicted octanol–water partition coefficient (Wildman–Crippen LogP) is 1.60. The molecule has 2 aliphatic heterocycles. The van der Waals surface area contributed by atoms with E-state index in [1.54, 1.807) is 25.1 Å². The molecule has 2 aliphatic rings. The average Bonchev–Trinajstić information content (AvgIpc) is 3.09. The lowest BCUT2D eigenvalue weighted by atomic mass is 10.1. The van der Waals surface area contributed by atoms with Crippen molar-refractivity contribution in [1.29, 1.82) is 0 Å². The van der Waals surface area contributed by atoms with Gasteiger partial charge in [-0.05, 0) is 31.9 Å². The van der Waals surface area contributed by atoms with Gasteiger partial charge in [0, 0.05) is 19.2 Å². The van der Waals surface area contributed by atoms with Crippen LogP contribution in [0.3, 0.4) is 0 Å². The molecule has 1 aromatic carbocycles. The number of hydrogen-bond donors (Lipinski definition) is 1. The predicted molar refractivity (Wildman–Crippen MR) is 88.6 cm³/mol. The van der Waals surface area contributed by atoms with Crippen molar-refractivity contribution < 1.29 is 22.7 Å². The fourth-order valence-electron chi connectivity index (χ4n) is 2.96. The summed E-state index contributed by atoms with van der Waals surface area (Å²) in [6, 6.07) is 4.64. The highest BCUT2D eigenvalue weighted by Crippen LogP contribution is 2.33. The molecule has 132 valence electrons. The van der Waals surface area contributed by atoms with E-state index < -0.39 is 10.0 Å². The van der Waals surface area contributed by atoms with Gasteiger partial charge in [0.15, 0.2) is 0 Å². The second-order valence-electron chi connectivity index (χ2n) is 5.93. The van der Waals surface area contributed by atoms with Crippen molar-refractivity contribution in [3.05, 3.63) is 18.2 Å². The maximum Gasteiger partial charge on any atom is 0.307 e. The van der Waals surface area contributed by atoms with Crippen LogP contribution in [0.5, 0.6) is 5.75 Å². The number of nitrogens with zero attached hydrogens (tertiary/aromatic N) is 1. The number of hydrogen-bond acceptors (Lipinski definition) is 6. The Bertz CT molecular complexity index is 713. The fourth-order valence-corrected chi connectivity index (χ4v) is 4.50. The third-order valence-electron chi connectivity index (χ3n) is 4.17. The van der Waals surface area contributed by atoms with E-state index in [1.807, 2.05) is 0 Å². The molecule has 8 heteroatoms. The molecule has 1 saturated heterocycles. The van der Waals surface area contributed by atoms with E-state index in [-0.39, 0.29) is 23.3 Å². The number of benzene rings is 1. The number of rotatable bonds is 5. The Morgan fingerprint density at radius 1 is 1.38 bits per heavy atom. The molecule has 1 atom stereocenters. The maximum absolute atomic E-state index is 12.6. The zero-order valence-electron chi connectivity index (χ0n) is 13.7. The van der Waals surface area contributed by atoms with Gasteiger partial charge < -0.3 is 14.8 Å². The van der Waals surface area contributed by atoms with Crippen molar-refractivity contribution in [3.63, 3.8) is 0 Å². The Hall–Kier alpha value is -1.80. The molecule has 2 heterocycles. The molecule has 3 rings (SSSR count). The van der Waals surface area contributed by atoms with Crippen molar-refractivity contribution in [1.82, 2.24) is 4.31 Å². The lowest BCUT2D eigenvalue weighted by Crippen LogP contribution is -2.34. The topological polar surface area (TPSA) is 84.9 Å². The van der Waals surface area contributed by atoms with Crippen molar-refractivity contribution in [2.45, 2.75) is 37.1 Å². The summed E-state index contributed by atoms with van der Waals surface area (Å²) in [5.74, 6) is 0.214. The van der Waals surface area contributed by atoms with E-state index in [4.69, 9.17) is 9.47 Å². The number of carbonyl (C=O) groups is 1. The molecule has 0 aromatic heterocycles. The highest BCUT2D eigenvalue weighted by atomic mass is 32.2. The van der Waals surface area contributed by atoms with Crippen LogP contribution < -0.4 is 10.1 Å². The van der Waals surface area contributed by atoms with Crippen LogP contribution in [-0.4, -0.2) is 51.0 Å². The standard InChI is InChI=1S/C16H22N2O5S/c1-2-22-16(19)9-12-11-23-15-10-13(5-6-14(15)17-12)24(20,21)18-7-3-4-8-18/h5-6,10,12,17H,2-4,7-9,11H2,1H3. The van der Waals surface area contributed by atoms with Gasteiger partial charge in [0.2, 0.25) is 10.0 Å². The van der Waals surface area contributed by atoms with E-state index in [1.165, 1.54) is 4.31 Å². The molecule has 1 aromatic rings. The van der Waals surface area contributed by atoms with E-state index in [0.717, 1.165) is 12.8 Å². The van der Waals surface area contributed by atoms with Crippen molar-refractivity contribution in [2.24, 2.45) is 0 Å². The first-order chi connectivity index (χ1) is 11.5. The van der Waals surface area contributed by atoms with Crippen molar-refractivity contribution in [3.8, 4) is 5.75 Å². The zero-order chi connectivity index (χ0) is 17.2. The minimum absolute atomic E-state index is 0.183. The van der Waals surface area contributed by atoms with Gasteiger partial charge in [-0.15, -0.1) is 0 Å². The second kappa shape index (κ2) is 6.98. The summed E-state index contributed by atoms with van der Waals surface area (Å²) in [4.78, 5) is 11.8. The van der Waals surface area contributed by atoms with Crippen LogP contribution >= 0.6 is 0 Å². The molecule has 1 fully saturated rings. The molecule has 0 bridgehead atoms. The Labute approximate surface area is 142 Å². The van der Waals surface area contributed by atoms with Gasteiger partial charge in [-0.2, -0.15) is 4.31 Å². The van der Waals surface area contributed by atoms with Gasteiger partial charge in [-0.1, -0.05) is 0 Å². The molecule has 0 amide bonds. The Morgan fingerprint density at radius 2 is 2.12 bits per heavy atom. The highest BCUT2D eigenvalue weighted by Gasteiger charge is 2.29. The van der Waals surface area contributed by atoms with Crippen LogP contribution in [0.25, 0.3) is 0 Å².